The molecule has 0 aliphatic carbocycles. The highest BCUT2D eigenvalue weighted by atomic mass is 32.1. The summed E-state index contributed by atoms with van der Waals surface area (Å²) < 4.78 is 5.32. The maximum absolute atomic E-state index is 11.9. The van der Waals surface area contributed by atoms with Crippen LogP contribution in [0.2, 0.25) is 0 Å². The molecule has 0 radical (unpaired) electrons. The summed E-state index contributed by atoms with van der Waals surface area (Å²) in [6.45, 7) is 2.46. The lowest BCUT2D eigenvalue weighted by molar-refractivity contribution is -0.128. The minimum Gasteiger partial charge on any atom is -0.494 e. The van der Waals surface area contributed by atoms with Crippen LogP contribution >= 0.6 is 11.3 Å². The van der Waals surface area contributed by atoms with Crippen LogP contribution in [0.1, 0.15) is 24.6 Å². The lowest BCUT2D eigenvalue weighted by Gasteiger charge is -2.08. The summed E-state index contributed by atoms with van der Waals surface area (Å²) >= 11 is 1.50. The second kappa shape index (κ2) is 10.8. The summed E-state index contributed by atoms with van der Waals surface area (Å²) in [6, 6.07) is 10.7. The van der Waals surface area contributed by atoms with Crippen molar-refractivity contribution < 1.29 is 19.1 Å². The van der Waals surface area contributed by atoms with Gasteiger partial charge in [0.25, 0.3) is 5.91 Å². The predicted molar refractivity (Wildman–Crippen MR) is 105 cm³/mol. The van der Waals surface area contributed by atoms with Gasteiger partial charge in [-0.05, 0) is 48.7 Å². The highest BCUT2D eigenvalue weighted by Crippen LogP contribution is 2.15. The van der Waals surface area contributed by atoms with E-state index in [-0.39, 0.29) is 18.7 Å². The Morgan fingerprint density at radius 2 is 1.78 bits per heavy atom. The molecule has 0 fully saturated rings. The summed E-state index contributed by atoms with van der Waals surface area (Å²) in [5.74, 6) is -0.470. The second-order valence-corrected chi connectivity index (χ2v) is 6.37. The van der Waals surface area contributed by atoms with Crippen molar-refractivity contribution in [2.75, 3.05) is 11.9 Å². The van der Waals surface area contributed by atoms with Gasteiger partial charge in [-0.1, -0.05) is 6.07 Å². The molecule has 27 heavy (non-hydrogen) atoms. The molecule has 0 saturated carbocycles. The number of benzene rings is 1. The molecule has 0 aliphatic rings. The van der Waals surface area contributed by atoms with Gasteiger partial charge in [0.05, 0.1) is 6.61 Å². The van der Waals surface area contributed by atoms with Crippen molar-refractivity contribution in [2.24, 2.45) is 0 Å². The molecule has 0 unspecified atom stereocenters. The molecule has 0 atom stereocenters. The van der Waals surface area contributed by atoms with Gasteiger partial charge in [0.2, 0.25) is 11.8 Å². The lowest BCUT2D eigenvalue weighted by Crippen LogP contribution is -2.40. The number of hydrogen-bond acceptors (Lipinski definition) is 5. The van der Waals surface area contributed by atoms with Gasteiger partial charge in [0, 0.05) is 29.5 Å². The molecule has 1 aromatic carbocycles. The maximum atomic E-state index is 11.9. The standard InChI is InChI=1S/C19H21N3O4S/c1-2-26-15-7-5-14(6-8-15)20-17(23)11-12-19(25)22-21-18(24)10-9-16-4-3-13-27-16/h3-10,13H,2,11-12H2,1H3,(H,20,23)(H,21,24)(H,22,25)/b10-9+. The van der Waals surface area contributed by atoms with E-state index in [1.165, 1.54) is 17.4 Å². The van der Waals surface area contributed by atoms with Gasteiger partial charge >= 0.3 is 0 Å². The Bertz CT molecular complexity index is 786. The minimum absolute atomic E-state index is 0.0000497. The third-order valence-corrected chi connectivity index (χ3v) is 4.13. The molecule has 2 rings (SSSR count). The third-order valence-electron chi connectivity index (χ3n) is 3.30. The fourth-order valence-corrected chi connectivity index (χ4v) is 2.65. The van der Waals surface area contributed by atoms with Crippen molar-refractivity contribution in [3.8, 4) is 5.75 Å². The van der Waals surface area contributed by atoms with Crippen LogP contribution in [-0.2, 0) is 14.4 Å². The molecule has 0 bridgehead atoms. The first-order valence-corrected chi connectivity index (χ1v) is 9.28. The van der Waals surface area contributed by atoms with Gasteiger partial charge in [0.1, 0.15) is 5.75 Å². The van der Waals surface area contributed by atoms with Crippen LogP contribution in [-0.4, -0.2) is 24.3 Å². The van der Waals surface area contributed by atoms with E-state index in [9.17, 15) is 14.4 Å². The fourth-order valence-electron chi connectivity index (χ4n) is 2.03. The molecule has 0 aliphatic heterocycles. The highest BCUT2D eigenvalue weighted by Gasteiger charge is 2.08. The van der Waals surface area contributed by atoms with Crippen LogP contribution in [0.3, 0.4) is 0 Å². The van der Waals surface area contributed by atoms with Crippen LogP contribution in [0, 0.1) is 0 Å². The summed E-state index contributed by atoms with van der Waals surface area (Å²) in [6.07, 6.45) is 2.93. The number of carbonyl (C=O) groups excluding carboxylic acids is 3. The number of carbonyl (C=O) groups is 3. The number of amides is 3. The van der Waals surface area contributed by atoms with E-state index in [2.05, 4.69) is 16.2 Å². The molecular weight excluding hydrogens is 366 g/mol. The van der Waals surface area contributed by atoms with Gasteiger partial charge in [-0.3, -0.25) is 25.2 Å². The Hall–Kier alpha value is -3.13. The van der Waals surface area contributed by atoms with E-state index in [4.69, 9.17) is 4.74 Å². The Kier molecular flexibility index (Phi) is 8.05. The van der Waals surface area contributed by atoms with Gasteiger partial charge < -0.3 is 10.1 Å². The number of hydrazine groups is 1. The Balaban J connectivity index is 1.65. The molecular formula is C19H21N3O4S. The van der Waals surface area contributed by atoms with E-state index in [0.29, 0.717) is 12.3 Å². The summed E-state index contributed by atoms with van der Waals surface area (Å²) in [5.41, 5.74) is 5.16. The average molecular weight is 387 g/mol. The number of ether oxygens (including phenoxy) is 1. The average Bonchev–Trinajstić information content (AvgIpc) is 3.18. The molecule has 0 spiro atoms. The Morgan fingerprint density at radius 1 is 1.04 bits per heavy atom. The van der Waals surface area contributed by atoms with Crippen molar-refractivity contribution >= 4 is 40.8 Å². The number of anilines is 1. The highest BCUT2D eigenvalue weighted by molar-refractivity contribution is 7.10. The van der Waals surface area contributed by atoms with Crippen LogP contribution in [0.4, 0.5) is 5.69 Å². The predicted octanol–water partition coefficient (Wildman–Crippen LogP) is 2.73. The molecule has 8 heteroatoms. The zero-order valence-electron chi connectivity index (χ0n) is 14.9. The minimum atomic E-state index is -0.449. The van der Waals surface area contributed by atoms with Crippen molar-refractivity contribution in [3.63, 3.8) is 0 Å². The normalized spacial score (nSPS) is 10.4. The molecule has 7 nitrogen and oxygen atoms in total. The van der Waals surface area contributed by atoms with Crippen molar-refractivity contribution in [2.45, 2.75) is 19.8 Å². The topological polar surface area (TPSA) is 96.5 Å². The summed E-state index contributed by atoms with van der Waals surface area (Å²) in [7, 11) is 0. The molecule has 1 aromatic heterocycles. The van der Waals surface area contributed by atoms with Crippen LogP contribution in [0.5, 0.6) is 5.75 Å². The van der Waals surface area contributed by atoms with Crippen LogP contribution in [0.15, 0.2) is 47.9 Å². The number of thiophene rings is 1. The van der Waals surface area contributed by atoms with Gasteiger partial charge in [-0.2, -0.15) is 0 Å². The SMILES string of the molecule is CCOc1ccc(NC(=O)CCC(=O)NNC(=O)/C=C/c2cccs2)cc1. The first-order valence-electron chi connectivity index (χ1n) is 8.40. The van der Waals surface area contributed by atoms with Crippen molar-refractivity contribution in [3.05, 3.63) is 52.7 Å². The largest absolute Gasteiger partial charge is 0.494 e. The van der Waals surface area contributed by atoms with Gasteiger partial charge in [-0.15, -0.1) is 11.3 Å². The van der Waals surface area contributed by atoms with E-state index >= 15 is 0 Å². The monoisotopic (exact) mass is 387 g/mol. The molecule has 3 N–H and O–H groups in total. The summed E-state index contributed by atoms with van der Waals surface area (Å²) in [5, 5.41) is 4.60. The molecule has 0 saturated heterocycles. The number of rotatable bonds is 8. The zero-order valence-corrected chi connectivity index (χ0v) is 15.7. The maximum Gasteiger partial charge on any atom is 0.262 e. The van der Waals surface area contributed by atoms with E-state index in [1.54, 1.807) is 30.3 Å². The van der Waals surface area contributed by atoms with Crippen molar-refractivity contribution in [1.82, 2.24) is 10.9 Å². The van der Waals surface area contributed by atoms with E-state index in [0.717, 1.165) is 10.6 Å². The first-order chi connectivity index (χ1) is 13.1. The van der Waals surface area contributed by atoms with Crippen LogP contribution < -0.4 is 20.9 Å². The first kappa shape index (κ1) is 20.2. The molecule has 1 heterocycles. The zero-order chi connectivity index (χ0) is 19.5. The van der Waals surface area contributed by atoms with Gasteiger partial charge in [-0.25, -0.2) is 0 Å². The number of nitrogens with one attached hydrogen (secondary N) is 3. The Morgan fingerprint density at radius 3 is 2.44 bits per heavy atom. The summed E-state index contributed by atoms with van der Waals surface area (Å²) in [4.78, 5) is 36.1. The number of hydrogen-bond donors (Lipinski definition) is 3. The smallest absolute Gasteiger partial charge is 0.262 e. The van der Waals surface area contributed by atoms with E-state index < -0.39 is 11.8 Å². The molecule has 3 amide bonds. The molecule has 142 valence electrons. The van der Waals surface area contributed by atoms with Crippen LogP contribution in [0.25, 0.3) is 6.08 Å². The van der Waals surface area contributed by atoms with Crippen molar-refractivity contribution in [1.29, 1.82) is 0 Å². The lowest BCUT2D eigenvalue weighted by atomic mass is 10.2. The second-order valence-electron chi connectivity index (χ2n) is 5.39. The third kappa shape index (κ3) is 7.74. The molecule has 2 aromatic rings. The van der Waals surface area contributed by atoms with Gasteiger partial charge in [0.15, 0.2) is 0 Å². The quantitative estimate of drug-likeness (QED) is 0.479. The fraction of sp³-hybridized carbons (Fsp3) is 0.211. The van der Waals surface area contributed by atoms with E-state index in [1.807, 2.05) is 24.4 Å². The Labute approximate surface area is 161 Å².